The predicted octanol–water partition coefficient (Wildman–Crippen LogP) is 3.27. The van der Waals surface area contributed by atoms with Gasteiger partial charge in [0, 0.05) is 38.2 Å². The summed E-state index contributed by atoms with van der Waals surface area (Å²) in [5.41, 5.74) is 4.16. The first-order valence-corrected chi connectivity index (χ1v) is 8.70. The smallest absolute Gasteiger partial charge is 0.254 e. The molecule has 0 radical (unpaired) electrons. The van der Waals surface area contributed by atoms with Crippen molar-refractivity contribution >= 4 is 5.91 Å². The second-order valence-electron chi connectivity index (χ2n) is 6.52. The lowest BCUT2D eigenvalue weighted by Crippen LogP contribution is -2.40. The molecule has 2 aromatic carbocycles. The van der Waals surface area contributed by atoms with E-state index in [1.54, 1.807) is 13.3 Å². The molecule has 5 heteroatoms. The van der Waals surface area contributed by atoms with Crippen molar-refractivity contribution in [3.8, 4) is 0 Å². The van der Waals surface area contributed by atoms with E-state index in [-0.39, 0.29) is 11.9 Å². The zero-order valence-electron chi connectivity index (χ0n) is 14.7. The largest absolute Gasteiger partial charge is 0.380 e. The molecule has 132 valence electrons. The second kappa shape index (κ2) is 7.14. The summed E-state index contributed by atoms with van der Waals surface area (Å²) in [4.78, 5) is 15.0. The minimum absolute atomic E-state index is 0.0339. The molecule has 26 heavy (non-hydrogen) atoms. The molecular weight excluding hydrogens is 326 g/mol. The van der Waals surface area contributed by atoms with Crippen molar-refractivity contribution in [3.05, 3.63) is 89.2 Å². The van der Waals surface area contributed by atoms with Crippen molar-refractivity contribution in [2.45, 2.75) is 19.2 Å². The van der Waals surface area contributed by atoms with Crippen LogP contribution in [0.4, 0.5) is 0 Å². The van der Waals surface area contributed by atoms with Gasteiger partial charge in [-0.3, -0.25) is 9.48 Å². The van der Waals surface area contributed by atoms with E-state index < -0.39 is 0 Å². The first kappa shape index (κ1) is 16.5. The lowest BCUT2D eigenvalue weighted by atomic mass is 9.95. The van der Waals surface area contributed by atoms with Crippen LogP contribution in [0.5, 0.6) is 0 Å². The van der Waals surface area contributed by atoms with E-state index >= 15 is 0 Å². The highest BCUT2D eigenvalue weighted by Gasteiger charge is 2.29. The molecule has 1 atom stereocenters. The Kier molecular flexibility index (Phi) is 4.54. The minimum Gasteiger partial charge on any atom is -0.380 e. The third-order valence-corrected chi connectivity index (χ3v) is 4.81. The normalized spacial score (nSPS) is 16.3. The lowest BCUT2D eigenvalue weighted by molar-refractivity contribution is 0.0706. The van der Waals surface area contributed by atoms with Crippen molar-refractivity contribution in [2.24, 2.45) is 0 Å². The van der Waals surface area contributed by atoms with Gasteiger partial charge in [0.15, 0.2) is 0 Å². The van der Waals surface area contributed by atoms with E-state index in [1.807, 2.05) is 58.2 Å². The molecule has 0 saturated heterocycles. The van der Waals surface area contributed by atoms with Gasteiger partial charge in [0.25, 0.3) is 5.91 Å². The number of aromatic nitrogens is 2. The molecule has 0 saturated carbocycles. The number of carbonyl (C=O) groups excluding carboxylic acids is 1. The van der Waals surface area contributed by atoms with Crippen LogP contribution in [0, 0.1) is 0 Å². The summed E-state index contributed by atoms with van der Waals surface area (Å²) >= 11 is 0. The average molecular weight is 347 g/mol. The molecule has 1 aliphatic rings. The molecule has 1 aliphatic heterocycles. The van der Waals surface area contributed by atoms with E-state index in [1.165, 1.54) is 11.1 Å². The quantitative estimate of drug-likeness (QED) is 0.728. The fourth-order valence-corrected chi connectivity index (χ4v) is 3.52. The number of carbonyl (C=O) groups is 1. The van der Waals surface area contributed by atoms with Crippen LogP contribution in [0.2, 0.25) is 0 Å². The van der Waals surface area contributed by atoms with Crippen molar-refractivity contribution in [1.82, 2.24) is 14.7 Å². The van der Waals surface area contributed by atoms with Crippen LogP contribution in [-0.4, -0.2) is 34.2 Å². The number of fused-ring (bicyclic) bond motifs is 1. The first-order valence-electron chi connectivity index (χ1n) is 8.70. The van der Waals surface area contributed by atoms with Crippen LogP contribution in [-0.2, 0) is 17.9 Å². The van der Waals surface area contributed by atoms with Gasteiger partial charge in [-0.1, -0.05) is 36.4 Å². The molecule has 4 rings (SSSR count). The summed E-state index contributed by atoms with van der Waals surface area (Å²) in [6.45, 7) is 1.77. The lowest BCUT2D eigenvalue weighted by Gasteiger charge is -2.35. The van der Waals surface area contributed by atoms with Crippen LogP contribution < -0.4 is 0 Å². The molecule has 5 nitrogen and oxygen atoms in total. The molecule has 1 amide bonds. The summed E-state index contributed by atoms with van der Waals surface area (Å²) < 4.78 is 7.06. The average Bonchev–Trinajstić information content (AvgIpc) is 3.22. The zero-order chi connectivity index (χ0) is 17.9. The summed E-state index contributed by atoms with van der Waals surface area (Å²) in [7, 11) is 1.67. The number of rotatable bonds is 4. The van der Waals surface area contributed by atoms with Crippen LogP contribution >= 0.6 is 0 Å². The summed E-state index contributed by atoms with van der Waals surface area (Å²) in [6.07, 6.45) is 3.73. The van der Waals surface area contributed by atoms with E-state index in [0.29, 0.717) is 25.3 Å². The number of hydrogen-bond donors (Lipinski definition) is 0. The second-order valence-corrected chi connectivity index (χ2v) is 6.52. The number of ether oxygens (including phenoxy) is 1. The van der Waals surface area contributed by atoms with Gasteiger partial charge in [-0.25, -0.2) is 0 Å². The molecule has 2 heterocycles. The van der Waals surface area contributed by atoms with Crippen molar-refractivity contribution in [2.75, 3.05) is 13.7 Å². The molecule has 3 aromatic rings. The molecule has 0 bridgehead atoms. The number of methoxy groups -OCH3 is 1. The topological polar surface area (TPSA) is 47.4 Å². The monoisotopic (exact) mass is 347 g/mol. The Morgan fingerprint density at radius 1 is 1.15 bits per heavy atom. The zero-order valence-corrected chi connectivity index (χ0v) is 14.7. The summed E-state index contributed by atoms with van der Waals surface area (Å²) in [5, 5.41) is 4.40. The Balaban J connectivity index is 1.62. The molecule has 1 unspecified atom stereocenters. The van der Waals surface area contributed by atoms with Crippen molar-refractivity contribution in [3.63, 3.8) is 0 Å². The Morgan fingerprint density at radius 2 is 1.96 bits per heavy atom. The highest BCUT2D eigenvalue weighted by molar-refractivity contribution is 5.94. The van der Waals surface area contributed by atoms with Crippen LogP contribution in [0.25, 0.3) is 0 Å². The van der Waals surface area contributed by atoms with Crippen LogP contribution in [0.3, 0.4) is 0 Å². The number of benzene rings is 2. The molecule has 0 spiro atoms. The fourth-order valence-electron chi connectivity index (χ4n) is 3.52. The van der Waals surface area contributed by atoms with Crippen molar-refractivity contribution in [1.29, 1.82) is 0 Å². The van der Waals surface area contributed by atoms with Gasteiger partial charge in [0.1, 0.15) is 0 Å². The van der Waals surface area contributed by atoms with Gasteiger partial charge >= 0.3 is 0 Å². The molecule has 0 aliphatic carbocycles. The Bertz CT molecular complexity index is 888. The van der Waals surface area contributed by atoms with Gasteiger partial charge < -0.3 is 9.64 Å². The van der Waals surface area contributed by atoms with E-state index in [2.05, 4.69) is 17.2 Å². The van der Waals surface area contributed by atoms with E-state index in [4.69, 9.17) is 4.74 Å². The Morgan fingerprint density at radius 3 is 2.69 bits per heavy atom. The Labute approximate surface area is 152 Å². The number of amides is 1. The van der Waals surface area contributed by atoms with Gasteiger partial charge in [-0.2, -0.15) is 5.10 Å². The van der Waals surface area contributed by atoms with Crippen LogP contribution in [0.15, 0.2) is 67.0 Å². The Hall–Kier alpha value is -2.92. The summed E-state index contributed by atoms with van der Waals surface area (Å²) in [6, 6.07) is 17.9. The summed E-state index contributed by atoms with van der Waals surface area (Å²) in [5.74, 6) is 0.0422. The van der Waals surface area contributed by atoms with Gasteiger partial charge in [-0.05, 0) is 34.9 Å². The molecule has 0 N–H and O–H groups in total. The molecular formula is C21H21N3O2. The van der Waals surface area contributed by atoms with Gasteiger partial charge in [0.05, 0.1) is 12.6 Å². The van der Waals surface area contributed by atoms with Gasteiger partial charge in [-0.15, -0.1) is 0 Å². The van der Waals surface area contributed by atoms with Gasteiger partial charge in [0.2, 0.25) is 0 Å². The number of hydrogen-bond acceptors (Lipinski definition) is 3. The minimum atomic E-state index is 0.0339. The SMILES string of the molecule is COCc1ccc(C(=O)N2Cc3ccccc3C(n3cccn3)C2)cc1. The molecule has 1 aromatic heterocycles. The predicted molar refractivity (Wildman–Crippen MR) is 98.7 cm³/mol. The fraction of sp³-hybridized carbons (Fsp3) is 0.238. The van der Waals surface area contributed by atoms with Crippen LogP contribution in [0.1, 0.15) is 33.1 Å². The highest BCUT2D eigenvalue weighted by Crippen LogP contribution is 2.30. The third-order valence-electron chi connectivity index (χ3n) is 4.81. The van der Waals surface area contributed by atoms with E-state index in [9.17, 15) is 4.79 Å². The van der Waals surface area contributed by atoms with Crippen molar-refractivity contribution < 1.29 is 9.53 Å². The number of nitrogens with zero attached hydrogens (tertiary/aromatic N) is 3. The highest BCUT2D eigenvalue weighted by atomic mass is 16.5. The van der Waals surface area contributed by atoms with E-state index in [0.717, 1.165) is 5.56 Å². The maximum absolute atomic E-state index is 13.1. The first-order chi connectivity index (χ1) is 12.8. The maximum Gasteiger partial charge on any atom is 0.254 e. The standard InChI is InChI=1S/C21H21N3O2/c1-26-15-16-7-9-17(10-8-16)21(25)23-13-18-5-2-3-6-19(18)20(14-23)24-12-4-11-22-24/h2-12,20H,13-15H2,1H3. The third kappa shape index (κ3) is 3.13. The molecule has 0 fully saturated rings. The maximum atomic E-state index is 13.1.